The van der Waals surface area contributed by atoms with Gasteiger partial charge in [-0.3, -0.25) is 0 Å². The van der Waals surface area contributed by atoms with Gasteiger partial charge < -0.3 is 14.3 Å². The standard InChI is InChI=1S/C10H16O3/c1-10(2,11)6-9-8(7-12-3)4-5-13-9/h4-5,11H,6-7H2,1-3H3. The molecule has 74 valence electrons. The lowest BCUT2D eigenvalue weighted by Gasteiger charge is -2.15. The van der Waals surface area contributed by atoms with Gasteiger partial charge >= 0.3 is 0 Å². The number of furan rings is 1. The smallest absolute Gasteiger partial charge is 0.112 e. The summed E-state index contributed by atoms with van der Waals surface area (Å²) >= 11 is 0. The fourth-order valence-electron chi connectivity index (χ4n) is 1.20. The second-order valence-corrected chi connectivity index (χ2v) is 3.79. The zero-order valence-corrected chi connectivity index (χ0v) is 8.33. The van der Waals surface area contributed by atoms with Crippen molar-refractivity contribution in [3.8, 4) is 0 Å². The molecular formula is C10H16O3. The van der Waals surface area contributed by atoms with Crippen LogP contribution in [0.3, 0.4) is 0 Å². The lowest BCUT2D eigenvalue weighted by atomic mass is 10.0. The fourth-order valence-corrected chi connectivity index (χ4v) is 1.20. The molecule has 0 aliphatic rings. The zero-order chi connectivity index (χ0) is 9.90. The lowest BCUT2D eigenvalue weighted by Crippen LogP contribution is -2.22. The zero-order valence-electron chi connectivity index (χ0n) is 8.33. The normalized spacial score (nSPS) is 12.0. The minimum absolute atomic E-state index is 0.513. The Bertz CT molecular complexity index is 257. The minimum atomic E-state index is -0.736. The van der Waals surface area contributed by atoms with Crippen LogP contribution in [0.15, 0.2) is 16.7 Å². The predicted octanol–water partition coefficient (Wildman–Crippen LogP) is 1.74. The molecule has 0 bridgehead atoms. The van der Waals surface area contributed by atoms with Crippen molar-refractivity contribution < 1.29 is 14.3 Å². The summed E-state index contributed by atoms with van der Waals surface area (Å²) in [7, 11) is 1.64. The third-order valence-electron chi connectivity index (χ3n) is 1.73. The number of hydrogen-bond acceptors (Lipinski definition) is 3. The van der Waals surface area contributed by atoms with Crippen LogP contribution in [0.25, 0.3) is 0 Å². The van der Waals surface area contributed by atoms with Gasteiger partial charge in [0.1, 0.15) is 5.76 Å². The van der Waals surface area contributed by atoms with Crippen LogP contribution in [0.5, 0.6) is 0 Å². The van der Waals surface area contributed by atoms with Gasteiger partial charge in [-0.15, -0.1) is 0 Å². The highest BCUT2D eigenvalue weighted by Gasteiger charge is 2.18. The van der Waals surface area contributed by atoms with Crippen molar-refractivity contribution in [3.05, 3.63) is 23.7 Å². The first-order valence-electron chi connectivity index (χ1n) is 4.29. The molecule has 0 saturated carbocycles. The Morgan fingerprint density at radius 3 is 2.77 bits per heavy atom. The topological polar surface area (TPSA) is 42.6 Å². The molecule has 0 aliphatic heterocycles. The highest BCUT2D eigenvalue weighted by Crippen LogP contribution is 2.18. The summed E-state index contributed by atoms with van der Waals surface area (Å²) in [4.78, 5) is 0. The molecule has 1 heterocycles. The molecule has 1 rings (SSSR count). The van der Waals surface area contributed by atoms with Crippen molar-refractivity contribution in [1.82, 2.24) is 0 Å². The predicted molar refractivity (Wildman–Crippen MR) is 49.4 cm³/mol. The Hall–Kier alpha value is -0.800. The molecule has 0 amide bonds. The minimum Gasteiger partial charge on any atom is -0.469 e. The third-order valence-corrected chi connectivity index (χ3v) is 1.73. The third kappa shape index (κ3) is 3.20. The summed E-state index contributed by atoms with van der Waals surface area (Å²) in [6, 6.07) is 1.87. The second kappa shape index (κ2) is 3.94. The van der Waals surface area contributed by atoms with Crippen LogP contribution in [0.2, 0.25) is 0 Å². The Kier molecular flexibility index (Phi) is 3.12. The monoisotopic (exact) mass is 184 g/mol. The lowest BCUT2D eigenvalue weighted by molar-refractivity contribution is 0.0740. The number of rotatable bonds is 4. The van der Waals surface area contributed by atoms with Crippen LogP contribution in [-0.2, 0) is 17.8 Å². The van der Waals surface area contributed by atoms with Gasteiger partial charge in [0.25, 0.3) is 0 Å². The largest absolute Gasteiger partial charge is 0.469 e. The van der Waals surface area contributed by atoms with Gasteiger partial charge in [0.05, 0.1) is 18.5 Å². The molecule has 1 N–H and O–H groups in total. The van der Waals surface area contributed by atoms with Crippen LogP contribution in [-0.4, -0.2) is 17.8 Å². The Labute approximate surface area is 78.3 Å². The van der Waals surface area contributed by atoms with Gasteiger partial charge in [0, 0.05) is 19.1 Å². The van der Waals surface area contributed by atoms with E-state index in [0.29, 0.717) is 13.0 Å². The molecule has 0 saturated heterocycles. The van der Waals surface area contributed by atoms with Gasteiger partial charge in [0.2, 0.25) is 0 Å². The molecule has 0 spiro atoms. The average molecular weight is 184 g/mol. The number of hydrogen-bond donors (Lipinski definition) is 1. The number of methoxy groups -OCH3 is 1. The van der Waals surface area contributed by atoms with E-state index in [0.717, 1.165) is 11.3 Å². The molecule has 0 radical (unpaired) electrons. The molecular weight excluding hydrogens is 168 g/mol. The van der Waals surface area contributed by atoms with E-state index >= 15 is 0 Å². The molecule has 1 aromatic heterocycles. The maximum atomic E-state index is 9.58. The molecule has 0 aliphatic carbocycles. The van der Waals surface area contributed by atoms with Crippen molar-refractivity contribution in [2.75, 3.05) is 7.11 Å². The highest BCUT2D eigenvalue weighted by atomic mass is 16.5. The van der Waals surface area contributed by atoms with Crippen molar-refractivity contribution in [2.24, 2.45) is 0 Å². The van der Waals surface area contributed by atoms with E-state index in [4.69, 9.17) is 9.15 Å². The summed E-state index contributed by atoms with van der Waals surface area (Å²) in [5.41, 5.74) is 0.269. The summed E-state index contributed by atoms with van der Waals surface area (Å²) in [5.74, 6) is 0.800. The van der Waals surface area contributed by atoms with Crippen molar-refractivity contribution in [1.29, 1.82) is 0 Å². The summed E-state index contributed by atoms with van der Waals surface area (Å²) in [6.07, 6.45) is 2.13. The Morgan fingerprint density at radius 2 is 2.23 bits per heavy atom. The van der Waals surface area contributed by atoms with Crippen LogP contribution in [0.4, 0.5) is 0 Å². The first-order chi connectivity index (χ1) is 6.03. The molecule has 0 fully saturated rings. The first kappa shape index (κ1) is 10.3. The maximum Gasteiger partial charge on any atom is 0.112 e. The molecule has 13 heavy (non-hydrogen) atoms. The van der Waals surface area contributed by atoms with E-state index in [1.165, 1.54) is 0 Å². The average Bonchev–Trinajstić information content (AvgIpc) is 2.34. The van der Waals surface area contributed by atoms with Crippen LogP contribution in [0.1, 0.15) is 25.2 Å². The van der Waals surface area contributed by atoms with Gasteiger partial charge in [-0.05, 0) is 19.9 Å². The van der Waals surface area contributed by atoms with Crippen LogP contribution >= 0.6 is 0 Å². The quantitative estimate of drug-likeness (QED) is 0.775. The second-order valence-electron chi connectivity index (χ2n) is 3.79. The van der Waals surface area contributed by atoms with Crippen LogP contribution in [0, 0.1) is 0 Å². The Morgan fingerprint density at radius 1 is 1.54 bits per heavy atom. The fraction of sp³-hybridized carbons (Fsp3) is 0.600. The van der Waals surface area contributed by atoms with Crippen molar-refractivity contribution in [3.63, 3.8) is 0 Å². The van der Waals surface area contributed by atoms with E-state index in [9.17, 15) is 5.11 Å². The van der Waals surface area contributed by atoms with E-state index in [2.05, 4.69) is 0 Å². The molecule has 0 unspecified atom stereocenters. The van der Waals surface area contributed by atoms with Gasteiger partial charge in [0.15, 0.2) is 0 Å². The molecule has 0 aromatic carbocycles. The van der Waals surface area contributed by atoms with E-state index in [-0.39, 0.29) is 0 Å². The van der Waals surface area contributed by atoms with Gasteiger partial charge in [-0.25, -0.2) is 0 Å². The summed E-state index contributed by atoms with van der Waals surface area (Å²) < 4.78 is 10.3. The van der Waals surface area contributed by atoms with Gasteiger partial charge in [-0.2, -0.15) is 0 Å². The first-order valence-corrected chi connectivity index (χ1v) is 4.29. The number of ether oxygens (including phenoxy) is 1. The molecule has 3 nitrogen and oxygen atoms in total. The Balaban J connectivity index is 2.70. The van der Waals surface area contributed by atoms with Crippen LogP contribution < -0.4 is 0 Å². The SMILES string of the molecule is COCc1ccoc1CC(C)(C)O. The molecule has 1 aromatic rings. The van der Waals surface area contributed by atoms with E-state index in [1.807, 2.05) is 6.07 Å². The van der Waals surface area contributed by atoms with E-state index < -0.39 is 5.60 Å². The number of aliphatic hydroxyl groups is 1. The summed E-state index contributed by atoms with van der Waals surface area (Å²) in [6.45, 7) is 4.04. The maximum absolute atomic E-state index is 9.58. The van der Waals surface area contributed by atoms with E-state index in [1.54, 1.807) is 27.2 Å². The molecule has 3 heteroatoms. The van der Waals surface area contributed by atoms with Crippen molar-refractivity contribution in [2.45, 2.75) is 32.5 Å². The molecule has 0 atom stereocenters. The highest BCUT2D eigenvalue weighted by molar-refractivity contribution is 5.17. The summed E-state index contributed by atoms with van der Waals surface area (Å²) in [5, 5.41) is 9.58. The van der Waals surface area contributed by atoms with Crippen molar-refractivity contribution >= 4 is 0 Å². The van der Waals surface area contributed by atoms with Gasteiger partial charge in [-0.1, -0.05) is 0 Å².